The molecule has 6 heteroatoms. The Balaban J connectivity index is 0.000000131. The summed E-state index contributed by atoms with van der Waals surface area (Å²) in [6.07, 6.45) is 0. The summed E-state index contributed by atoms with van der Waals surface area (Å²) in [6, 6.07) is 127. The van der Waals surface area contributed by atoms with Gasteiger partial charge in [-0.3, -0.25) is 0 Å². The van der Waals surface area contributed by atoms with E-state index in [9.17, 15) is 0 Å². The highest BCUT2D eigenvalue weighted by molar-refractivity contribution is 6.24. The van der Waals surface area contributed by atoms with E-state index in [1.807, 2.05) is 12.1 Å². The molecular formula is C94H58N4O2. The van der Waals surface area contributed by atoms with Crippen molar-refractivity contribution in [3.63, 3.8) is 0 Å². The van der Waals surface area contributed by atoms with Gasteiger partial charge < -0.3 is 27.1 Å². The van der Waals surface area contributed by atoms with Crippen molar-refractivity contribution < 1.29 is 8.83 Å². The Morgan fingerprint density at radius 3 is 0.970 bits per heavy atom. The Bertz CT molecular complexity index is 7050. The SMILES string of the molecule is c1ccc(-c2cccc(-c3ccc(-n4c5ccccc5c5cc6c7cc8oc9ccccc9c8cc7n(-c7ccccc7)c6cc54)cc3)c2)cc1.c1ccc(-n2c3cc4c(cc3c3cc5c6ccccc6n(-c6ccc(-c7ccc8ccccc8c7)cc6)c5cc32)oc2ccccc24)cc1. The summed E-state index contributed by atoms with van der Waals surface area (Å²) in [6.45, 7) is 0. The first-order valence-electron chi connectivity index (χ1n) is 34.2. The quantitative estimate of drug-likeness (QED) is 0.160. The van der Waals surface area contributed by atoms with Crippen molar-refractivity contribution in [2.45, 2.75) is 0 Å². The van der Waals surface area contributed by atoms with Crippen LogP contribution in [0, 0.1) is 0 Å². The fourth-order valence-electron chi connectivity index (χ4n) is 16.1. The Hall–Kier alpha value is -13.4. The molecular weight excluding hydrogens is 1220 g/mol. The predicted molar refractivity (Wildman–Crippen MR) is 419 cm³/mol. The molecule has 0 saturated carbocycles. The van der Waals surface area contributed by atoms with Crippen LogP contribution >= 0.6 is 0 Å². The van der Waals surface area contributed by atoms with E-state index in [2.05, 4.69) is 358 Å². The Morgan fingerprint density at radius 2 is 0.480 bits per heavy atom. The predicted octanol–water partition coefficient (Wildman–Crippen LogP) is 25.7. The number of rotatable bonds is 7. The van der Waals surface area contributed by atoms with Crippen LogP contribution in [0.15, 0.2) is 361 Å². The van der Waals surface area contributed by atoms with Crippen molar-refractivity contribution in [2.24, 2.45) is 0 Å². The van der Waals surface area contributed by atoms with Crippen molar-refractivity contribution in [3.05, 3.63) is 352 Å². The van der Waals surface area contributed by atoms with Gasteiger partial charge in [-0.15, -0.1) is 0 Å². The second-order valence-corrected chi connectivity index (χ2v) is 26.4. The molecule has 100 heavy (non-hydrogen) atoms. The average Bonchev–Trinajstić information content (AvgIpc) is 1.55. The van der Waals surface area contributed by atoms with Gasteiger partial charge in [0.2, 0.25) is 0 Å². The number of nitrogens with zero attached hydrogens (tertiary/aromatic N) is 4. The number of furan rings is 2. The first-order chi connectivity index (χ1) is 49.6. The van der Waals surface area contributed by atoms with E-state index in [4.69, 9.17) is 8.83 Å². The lowest BCUT2D eigenvalue weighted by Crippen LogP contribution is -1.96. The minimum Gasteiger partial charge on any atom is -0.456 e. The lowest BCUT2D eigenvalue weighted by molar-refractivity contribution is 0.669. The Labute approximate surface area is 573 Å². The van der Waals surface area contributed by atoms with Crippen LogP contribution in [0.3, 0.4) is 0 Å². The summed E-state index contributed by atoms with van der Waals surface area (Å²) in [5.74, 6) is 0. The zero-order chi connectivity index (χ0) is 65.5. The van der Waals surface area contributed by atoms with Crippen molar-refractivity contribution in [1.82, 2.24) is 18.3 Å². The van der Waals surface area contributed by atoms with E-state index in [1.165, 1.54) is 131 Å². The van der Waals surface area contributed by atoms with Crippen LogP contribution in [-0.2, 0) is 0 Å². The maximum atomic E-state index is 6.40. The smallest absolute Gasteiger partial charge is 0.136 e. The van der Waals surface area contributed by atoms with E-state index in [0.717, 1.165) is 66.6 Å². The molecule has 22 aromatic rings. The van der Waals surface area contributed by atoms with Gasteiger partial charge in [0.1, 0.15) is 22.3 Å². The maximum absolute atomic E-state index is 6.40. The highest BCUT2D eigenvalue weighted by Crippen LogP contribution is 2.46. The van der Waals surface area contributed by atoms with Crippen LogP contribution in [0.5, 0.6) is 0 Å². The molecule has 0 radical (unpaired) electrons. The van der Waals surface area contributed by atoms with Crippen molar-refractivity contribution in [2.75, 3.05) is 0 Å². The summed E-state index contributed by atoms with van der Waals surface area (Å²) in [5.41, 5.74) is 24.9. The number of hydrogen-bond donors (Lipinski definition) is 0. The molecule has 0 spiro atoms. The van der Waals surface area contributed by atoms with Gasteiger partial charge >= 0.3 is 0 Å². The van der Waals surface area contributed by atoms with Crippen molar-refractivity contribution in [1.29, 1.82) is 0 Å². The van der Waals surface area contributed by atoms with E-state index in [1.54, 1.807) is 0 Å². The zero-order valence-electron chi connectivity index (χ0n) is 54.1. The van der Waals surface area contributed by atoms with Gasteiger partial charge in [0.05, 0.1) is 44.1 Å². The molecule has 0 aliphatic rings. The average molecular weight is 1280 g/mol. The molecule has 0 N–H and O–H groups in total. The van der Waals surface area contributed by atoms with Crippen LogP contribution in [-0.4, -0.2) is 18.3 Å². The minimum absolute atomic E-state index is 0.910. The van der Waals surface area contributed by atoms with Gasteiger partial charge in [-0.1, -0.05) is 218 Å². The Morgan fingerprint density at radius 1 is 0.150 bits per heavy atom. The molecule has 6 aromatic heterocycles. The lowest BCUT2D eigenvalue weighted by Gasteiger charge is -2.11. The molecule has 0 unspecified atom stereocenters. The fourth-order valence-corrected chi connectivity index (χ4v) is 16.1. The third-order valence-corrected chi connectivity index (χ3v) is 20.8. The lowest BCUT2D eigenvalue weighted by atomic mass is 9.99. The molecule has 0 atom stereocenters. The van der Waals surface area contributed by atoms with E-state index >= 15 is 0 Å². The largest absolute Gasteiger partial charge is 0.456 e. The van der Waals surface area contributed by atoms with Crippen LogP contribution in [0.4, 0.5) is 0 Å². The summed E-state index contributed by atoms with van der Waals surface area (Å²) in [7, 11) is 0. The normalized spacial score (nSPS) is 12.0. The van der Waals surface area contributed by atoms with E-state index in [-0.39, 0.29) is 0 Å². The number of benzene rings is 16. The molecule has 0 saturated heterocycles. The number of para-hydroxylation sites is 6. The van der Waals surface area contributed by atoms with Crippen LogP contribution < -0.4 is 0 Å². The molecule has 0 bridgehead atoms. The number of aromatic nitrogens is 4. The third kappa shape index (κ3) is 8.70. The molecule has 6 nitrogen and oxygen atoms in total. The van der Waals surface area contributed by atoms with Gasteiger partial charge in [0, 0.05) is 87.4 Å². The van der Waals surface area contributed by atoms with Gasteiger partial charge in [-0.05, 0) is 178 Å². The fraction of sp³-hybridized carbons (Fsp3) is 0. The van der Waals surface area contributed by atoms with Gasteiger partial charge in [-0.2, -0.15) is 0 Å². The summed E-state index contributed by atoms with van der Waals surface area (Å²) in [4.78, 5) is 0. The monoisotopic (exact) mass is 1270 g/mol. The van der Waals surface area contributed by atoms with Gasteiger partial charge in [-0.25, -0.2) is 0 Å². The summed E-state index contributed by atoms with van der Waals surface area (Å²) >= 11 is 0. The molecule has 22 rings (SSSR count). The molecule has 0 aliphatic carbocycles. The third-order valence-electron chi connectivity index (χ3n) is 20.8. The molecule has 466 valence electrons. The minimum atomic E-state index is 0.910. The highest BCUT2D eigenvalue weighted by atomic mass is 16.3. The van der Waals surface area contributed by atoms with Crippen LogP contribution in [0.25, 0.3) is 198 Å². The van der Waals surface area contributed by atoms with Crippen LogP contribution in [0.2, 0.25) is 0 Å². The molecule has 6 heterocycles. The Kier molecular flexibility index (Phi) is 12.3. The standard InChI is InChI=1S/C48H30N2O.C46H28N2O/c1-3-12-31(13-4-1)33-14-11-15-34(26-33)32-22-24-36(25-23-32)49-43-20-9-7-18-37(43)39-27-40-41-29-48-42(38-19-8-10-21-47(38)51-48)28-44(41)50(46(40)30-45(39)49)35-16-5-2-6-17-35;1-2-12-33(13-3-1)48-42-26-40-36-15-7-9-17-45(36)49-46(40)27-39(42)38-25-37-35-14-6-8-16-41(35)47(43(37)28-44(38)48)34-22-20-30(21-23-34)32-19-18-29-10-4-5-11-31(29)24-32/h1-30H;1-28H. The summed E-state index contributed by atoms with van der Waals surface area (Å²) < 4.78 is 22.5. The maximum Gasteiger partial charge on any atom is 0.136 e. The molecule has 16 aromatic carbocycles. The number of hydrogen-bond acceptors (Lipinski definition) is 2. The first kappa shape index (κ1) is 55.8. The molecule has 0 amide bonds. The molecule has 0 aliphatic heterocycles. The van der Waals surface area contributed by atoms with E-state index < -0.39 is 0 Å². The zero-order valence-corrected chi connectivity index (χ0v) is 54.1. The second kappa shape index (κ2) is 22.1. The first-order valence-corrected chi connectivity index (χ1v) is 34.2. The number of fused-ring (bicyclic) bond motifs is 19. The van der Waals surface area contributed by atoms with Crippen molar-refractivity contribution in [3.8, 4) is 56.1 Å². The van der Waals surface area contributed by atoms with Gasteiger partial charge in [0.15, 0.2) is 0 Å². The summed E-state index contributed by atoms with van der Waals surface area (Å²) in [5, 5.41) is 16.8. The van der Waals surface area contributed by atoms with E-state index in [0.29, 0.717) is 0 Å². The second-order valence-electron chi connectivity index (χ2n) is 26.4. The molecule has 0 fully saturated rings. The topological polar surface area (TPSA) is 46.0 Å². The van der Waals surface area contributed by atoms with Crippen LogP contribution in [0.1, 0.15) is 0 Å². The van der Waals surface area contributed by atoms with Gasteiger partial charge in [0.25, 0.3) is 0 Å². The highest BCUT2D eigenvalue weighted by Gasteiger charge is 2.24. The van der Waals surface area contributed by atoms with Crippen molar-refractivity contribution >= 4 is 142 Å².